The lowest BCUT2D eigenvalue weighted by Crippen LogP contribution is -2.25. The van der Waals surface area contributed by atoms with Crippen LogP contribution >= 0.6 is 11.6 Å². The predicted octanol–water partition coefficient (Wildman–Crippen LogP) is 1.79. The van der Waals surface area contributed by atoms with Crippen molar-refractivity contribution in [3.63, 3.8) is 0 Å². The van der Waals surface area contributed by atoms with Gasteiger partial charge in [-0.25, -0.2) is 4.98 Å². The summed E-state index contributed by atoms with van der Waals surface area (Å²) in [6.07, 6.45) is 7.44. The van der Waals surface area contributed by atoms with Gasteiger partial charge >= 0.3 is 5.69 Å². The van der Waals surface area contributed by atoms with E-state index in [1.54, 1.807) is 0 Å². The lowest BCUT2D eigenvalue weighted by atomic mass is 10.2. The second-order valence-corrected chi connectivity index (χ2v) is 3.68. The van der Waals surface area contributed by atoms with E-state index in [1.807, 2.05) is 0 Å². The number of unbranched alkanes of at least 4 members (excludes halogenated alkanes) is 1. The van der Waals surface area contributed by atoms with Gasteiger partial charge in [-0.05, 0) is 12.5 Å². The van der Waals surface area contributed by atoms with Gasteiger partial charge in [-0.3, -0.25) is 14.9 Å². The molecule has 1 heterocycles. The number of nitro groups is 1. The first-order chi connectivity index (χ1) is 8.57. The number of aromatic nitrogens is 1. The van der Waals surface area contributed by atoms with Crippen LogP contribution in [0.25, 0.3) is 0 Å². The third-order valence-electron chi connectivity index (χ3n) is 2.09. The molecule has 0 saturated carbocycles. The number of rotatable bonds is 5. The molecular weight excluding hydrogens is 258 g/mol. The maximum absolute atomic E-state index is 11.7. The Morgan fingerprint density at radius 1 is 1.67 bits per heavy atom. The summed E-state index contributed by atoms with van der Waals surface area (Å²) in [5.41, 5.74) is -0.602. The van der Waals surface area contributed by atoms with E-state index in [2.05, 4.69) is 16.2 Å². The third-order valence-corrected chi connectivity index (χ3v) is 2.37. The quantitative estimate of drug-likeness (QED) is 0.290. The second-order valence-electron chi connectivity index (χ2n) is 3.32. The molecule has 0 radical (unpaired) electrons. The van der Waals surface area contributed by atoms with Gasteiger partial charge in [0.15, 0.2) is 0 Å². The number of nitrogens with one attached hydrogen (secondary N) is 1. The fraction of sp³-hybridized carbons (Fsp3) is 0.273. The van der Waals surface area contributed by atoms with E-state index < -0.39 is 16.5 Å². The van der Waals surface area contributed by atoms with Crippen molar-refractivity contribution < 1.29 is 9.72 Å². The molecule has 1 aromatic heterocycles. The Balaban J connectivity index is 2.83. The Morgan fingerprint density at radius 3 is 3.00 bits per heavy atom. The van der Waals surface area contributed by atoms with Crippen molar-refractivity contribution in [1.82, 2.24) is 10.3 Å². The average molecular weight is 268 g/mol. The van der Waals surface area contributed by atoms with Crippen molar-refractivity contribution in [3.05, 3.63) is 33.1 Å². The number of pyridine rings is 1. The minimum Gasteiger partial charge on any atom is -0.352 e. The molecule has 0 unspecified atom stereocenters. The van der Waals surface area contributed by atoms with E-state index in [-0.39, 0.29) is 10.7 Å². The molecule has 0 atom stereocenters. The molecule has 0 fully saturated rings. The number of terminal acetylenes is 1. The van der Waals surface area contributed by atoms with E-state index in [1.165, 1.54) is 12.3 Å². The summed E-state index contributed by atoms with van der Waals surface area (Å²) in [6.45, 7) is 0.347. The van der Waals surface area contributed by atoms with Crippen LogP contribution in [0.1, 0.15) is 23.2 Å². The Hall–Kier alpha value is -2.13. The summed E-state index contributed by atoms with van der Waals surface area (Å²) in [6, 6.07) is 1.25. The molecule has 1 N–H and O–H groups in total. The SMILES string of the molecule is C#CCCCNC(=O)c1ccnc(Cl)c1[N+](=O)[O-]. The second kappa shape index (κ2) is 6.57. The molecule has 94 valence electrons. The van der Waals surface area contributed by atoms with Gasteiger partial charge in [0.25, 0.3) is 5.91 Å². The van der Waals surface area contributed by atoms with Gasteiger partial charge in [0.1, 0.15) is 5.56 Å². The molecule has 1 aromatic rings. The normalized spacial score (nSPS) is 9.56. The molecule has 0 aliphatic rings. The van der Waals surface area contributed by atoms with E-state index in [0.717, 1.165) is 0 Å². The van der Waals surface area contributed by atoms with Crippen molar-refractivity contribution in [2.75, 3.05) is 6.54 Å². The first kappa shape index (κ1) is 13.9. The Bertz CT molecular complexity index is 511. The average Bonchev–Trinajstić information content (AvgIpc) is 2.33. The summed E-state index contributed by atoms with van der Waals surface area (Å²) in [5.74, 6) is 1.86. The monoisotopic (exact) mass is 267 g/mol. The number of carbonyl (C=O) groups excluding carboxylic acids is 1. The van der Waals surface area contributed by atoms with Crippen LogP contribution in [-0.2, 0) is 0 Å². The van der Waals surface area contributed by atoms with E-state index in [0.29, 0.717) is 19.4 Å². The zero-order valence-corrected chi connectivity index (χ0v) is 10.1. The molecule has 1 amide bonds. The Kier molecular flexibility index (Phi) is 5.08. The lowest BCUT2D eigenvalue weighted by Gasteiger charge is -2.05. The smallest absolute Gasteiger partial charge is 0.319 e. The first-order valence-electron chi connectivity index (χ1n) is 5.08. The molecular formula is C11H10ClN3O3. The molecule has 0 aromatic carbocycles. The van der Waals surface area contributed by atoms with Crippen molar-refractivity contribution >= 4 is 23.2 Å². The molecule has 18 heavy (non-hydrogen) atoms. The van der Waals surface area contributed by atoms with Crippen LogP contribution in [0.3, 0.4) is 0 Å². The molecule has 1 rings (SSSR count). The highest BCUT2D eigenvalue weighted by Gasteiger charge is 2.24. The molecule has 7 heteroatoms. The minimum absolute atomic E-state index is 0.110. The highest BCUT2D eigenvalue weighted by molar-refractivity contribution is 6.32. The number of halogens is 1. The predicted molar refractivity (Wildman–Crippen MR) is 66.3 cm³/mol. The van der Waals surface area contributed by atoms with E-state index in [9.17, 15) is 14.9 Å². The third kappa shape index (κ3) is 3.43. The first-order valence-corrected chi connectivity index (χ1v) is 5.46. The van der Waals surface area contributed by atoms with Gasteiger partial charge in [0.2, 0.25) is 5.15 Å². The van der Waals surface area contributed by atoms with Gasteiger partial charge in [-0.15, -0.1) is 12.3 Å². The number of hydrogen-bond acceptors (Lipinski definition) is 4. The highest BCUT2D eigenvalue weighted by atomic mass is 35.5. The standard InChI is InChI=1S/C11H10ClN3O3/c1-2-3-4-6-14-11(16)8-5-7-13-10(12)9(8)15(17)18/h1,5,7H,3-4,6H2,(H,14,16). The molecule has 6 nitrogen and oxygen atoms in total. The van der Waals surface area contributed by atoms with Crippen molar-refractivity contribution in [3.8, 4) is 12.3 Å². The van der Waals surface area contributed by atoms with E-state index in [4.69, 9.17) is 18.0 Å². The van der Waals surface area contributed by atoms with Gasteiger partial charge in [0.05, 0.1) is 4.92 Å². The van der Waals surface area contributed by atoms with Crippen LogP contribution in [0, 0.1) is 22.5 Å². The van der Waals surface area contributed by atoms with Gasteiger partial charge < -0.3 is 5.32 Å². The van der Waals surface area contributed by atoms with Crippen molar-refractivity contribution in [2.24, 2.45) is 0 Å². The summed E-state index contributed by atoms with van der Waals surface area (Å²) in [4.78, 5) is 25.4. The zero-order valence-electron chi connectivity index (χ0n) is 9.35. The summed E-state index contributed by atoms with van der Waals surface area (Å²) in [7, 11) is 0. The molecule has 0 aliphatic heterocycles. The topological polar surface area (TPSA) is 85.1 Å². The molecule has 0 spiro atoms. The van der Waals surface area contributed by atoms with Crippen LogP contribution in [-0.4, -0.2) is 22.4 Å². The number of nitrogens with zero attached hydrogens (tertiary/aromatic N) is 2. The number of hydrogen-bond donors (Lipinski definition) is 1. The Labute approximate surface area is 109 Å². The minimum atomic E-state index is -0.730. The highest BCUT2D eigenvalue weighted by Crippen LogP contribution is 2.25. The van der Waals surface area contributed by atoms with Crippen molar-refractivity contribution in [2.45, 2.75) is 12.8 Å². The van der Waals surface area contributed by atoms with Crippen LogP contribution in [0.15, 0.2) is 12.3 Å². The zero-order chi connectivity index (χ0) is 13.5. The molecule has 0 bridgehead atoms. The number of carbonyl (C=O) groups is 1. The van der Waals surface area contributed by atoms with Crippen LogP contribution < -0.4 is 5.32 Å². The van der Waals surface area contributed by atoms with Crippen molar-refractivity contribution in [1.29, 1.82) is 0 Å². The maximum Gasteiger partial charge on any atom is 0.319 e. The van der Waals surface area contributed by atoms with Gasteiger partial charge in [-0.1, -0.05) is 11.6 Å². The fourth-order valence-corrected chi connectivity index (χ4v) is 1.50. The largest absolute Gasteiger partial charge is 0.352 e. The molecule has 0 saturated heterocycles. The van der Waals surface area contributed by atoms with Gasteiger partial charge in [0, 0.05) is 19.2 Å². The van der Waals surface area contributed by atoms with Crippen LogP contribution in [0.2, 0.25) is 5.15 Å². The molecule has 0 aliphatic carbocycles. The Morgan fingerprint density at radius 2 is 2.39 bits per heavy atom. The fourth-order valence-electron chi connectivity index (χ4n) is 1.27. The summed E-state index contributed by atoms with van der Waals surface area (Å²) >= 11 is 5.59. The van der Waals surface area contributed by atoms with Gasteiger partial charge in [-0.2, -0.15) is 0 Å². The maximum atomic E-state index is 11.7. The van der Waals surface area contributed by atoms with E-state index >= 15 is 0 Å². The summed E-state index contributed by atoms with van der Waals surface area (Å²) in [5, 5.41) is 13.0. The lowest BCUT2D eigenvalue weighted by molar-refractivity contribution is -0.385. The number of amides is 1. The van der Waals surface area contributed by atoms with Crippen LogP contribution in [0.4, 0.5) is 5.69 Å². The summed E-state index contributed by atoms with van der Waals surface area (Å²) < 4.78 is 0. The van der Waals surface area contributed by atoms with Crippen LogP contribution in [0.5, 0.6) is 0 Å².